The Labute approximate surface area is 170 Å². The molecule has 2 unspecified atom stereocenters. The van der Waals surface area contributed by atoms with Crippen molar-refractivity contribution in [1.29, 1.82) is 0 Å². The number of halogens is 1. The van der Waals surface area contributed by atoms with Crippen LogP contribution < -0.4 is 0 Å². The molecular weight excluding hydrogens is 371 g/mol. The smallest absolute Gasteiger partial charge is 0.313 e. The maximum Gasteiger partial charge on any atom is 0.313 e. The Morgan fingerprint density at radius 1 is 1.25 bits per heavy atom. The molecule has 1 aliphatic carbocycles. The molecule has 0 saturated carbocycles. The topological polar surface area (TPSA) is 35.5 Å². The lowest BCUT2D eigenvalue weighted by Crippen LogP contribution is -2.47. The van der Waals surface area contributed by atoms with E-state index in [4.69, 9.17) is 9.16 Å². The molecule has 2 rings (SSSR count). The first-order chi connectivity index (χ1) is 12.7. The maximum atomic E-state index is 13.8. The SMILES string of the molecule is COC(=O)C1C(c2ccc(F)c(C)c2)=CC(O[Si](C)(C)C(C)(C)C)CC1(C)C. The fourth-order valence-electron chi connectivity index (χ4n) is 3.69. The van der Waals surface area contributed by atoms with Gasteiger partial charge >= 0.3 is 5.97 Å². The second-order valence-electron chi connectivity index (χ2n) is 10.2. The van der Waals surface area contributed by atoms with Crippen molar-refractivity contribution in [1.82, 2.24) is 0 Å². The highest BCUT2D eigenvalue weighted by molar-refractivity contribution is 6.74. The molecule has 0 aliphatic heterocycles. The third-order valence-corrected chi connectivity index (χ3v) is 10.9. The molecule has 0 spiro atoms. The molecule has 2 atom stereocenters. The average Bonchev–Trinajstić information content (AvgIpc) is 2.54. The van der Waals surface area contributed by atoms with Gasteiger partial charge in [-0.2, -0.15) is 0 Å². The van der Waals surface area contributed by atoms with Crippen LogP contribution >= 0.6 is 0 Å². The van der Waals surface area contributed by atoms with Crippen LogP contribution in [-0.2, 0) is 14.0 Å². The predicted molar refractivity (Wildman–Crippen MR) is 115 cm³/mol. The molecule has 3 nitrogen and oxygen atoms in total. The average molecular weight is 407 g/mol. The third kappa shape index (κ3) is 4.57. The summed E-state index contributed by atoms with van der Waals surface area (Å²) in [6, 6.07) is 5.02. The van der Waals surface area contributed by atoms with E-state index in [9.17, 15) is 9.18 Å². The Bertz CT molecular complexity index is 775. The monoisotopic (exact) mass is 406 g/mol. The Balaban J connectivity index is 2.56. The van der Waals surface area contributed by atoms with Gasteiger partial charge in [0, 0.05) is 0 Å². The van der Waals surface area contributed by atoms with Gasteiger partial charge in [-0.3, -0.25) is 4.79 Å². The number of benzene rings is 1. The summed E-state index contributed by atoms with van der Waals surface area (Å²) in [5.74, 6) is -0.922. The van der Waals surface area contributed by atoms with Gasteiger partial charge in [0.15, 0.2) is 8.32 Å². The summed E-state index contributed by atoms with van der Waals surface area (Å²) in [6.07, 6.45) is 2.72. The van der Waals surface area contributed by atoms with Gasteiger partial charge in [0.1, 0.15) is 5.82 Å². The number of carbonyl (C=O) groups is 1. The van der Waals surface area contributed by atoms with Gasteiger partial charge in [-0.1, -0.05) is 46.8 Å². The Kier molecular flexibility index (Phi) is 6.32. The van der Waals surface area contributed by atoms with Crippen LogP contribution in [0.2, 0.25) is 18.1 Å². The number of hydrogen-bond acceptors (Lipinski definition) is 3. The number of carbonyl (C=O) groups excluding carboxylic acids is 1. The fourth-order valence-corrected chi connectivity index (χ4v) is 4.96. The molecule has 0 N–H and O–H groups in total. The normalized spacial score (nSPS) is 22.6. The van der Waals surface area contributed by atoms with Gasteiger partial charge in [-0.15, -0.1) is 0 Å². The van der Waals surface area contributed by atoms with Crippen molar-refractivity contribution < 1.29 is 18.3 Å². The maximum absolute atomic E-state index is 13.8. The summed E-state index contributed by atoms with van der Waals surface area (Å²) >= 11 is 0. The Morgan fingerprint density at radius 2 is 1.86 bits per heavy atom. The zero-order valence-electron chi connectivity index (χ0n) is 18.8. The molecule has 0 heterocycles. The minimum Gasteiger partial charge on any atom is -0.469 e. The van der Waals surface area contributed by atoms with Gasteiger partial charge in [0.2, 0.25) is 0 Å². The molecule has 0 amide bonds. The number of hydrogen-bond donors (Lipinski definition) is 0. The molecule has 1 aromatic carbocycles. The zero-order valence-corrected chi connectivity index (χ0v) is 19.8. The lowest BCUT2D eigenvalue weighted by atomic mass is 9.66. The Morgan fingerprint density at radius 3 is 2.36 bits per heavy atom. The minimum atomic E-state index is -1.98. The van der Waals surface area contributed by atoms with Gasteiger partial charge < -0.3 is 9.16 Å². The molecule has 156 valence electrons. The van der Waals surface area contributed by atoms with Gasteiger partial charge in [-0.05, 0) is 65.7 Å². The van der Waals surface area contributed by atoms with Crippen molar-refractivity contribution in [2.45, 2.75) is 72.2 Å². The number of rotatable bonds is 4. The van der Waals surface area contributed by atoms with E-state index in [2.05, 4.69) is 53.8 Å². The third-order valence-electron chi connectivity index (χ3n) is 6.37. The summed E-state index contributed by atoms with van der Waals surface area (Å²) in [6.45, 7) is 17.0. The van der Waals surface area contributed by atoms with E-state index in [0.29, 0.717) is 5.56 Å². The lowest BCUT2D eigenvalue weighted by Gasteiger charge is -2.45. The van der Waals surface area contributed by atoms with Crippen molar-refractivity contribution in [3.8, 4) is 0 Å². The largest absolute Gasteiger partial charge is 0.469 e. The molecule has 0 saturated heterocycles. The quantitative estimate of drug-likeness (QED) is 0.446. The number of methoxy groups -OCH3 is 1. The molecule has 28 heavy (non-hydrogen) atoms. The van der Waals surface area contributed by atoms with Crippen molar-refractivity contribution in [2.75, 3.05) is 7.11 Å². The van der Waals surface area contributed by atoms with Crippen LogP contribution in [0.3, 0.4) is 0 Å². The van der Waals surface area contributed by atoms with Crippen LogP contribution in [0, 0.1) is 24.1 Å². The summed E-state index contributed by atoms with van der Waals surface area (Å²) < 4.78 is 25.7. The van der Waals surface area contributed by atoms with Crippen molar-refractivity contribution in [3.05, 3.63) is 41.2 Å². The lowest BCUT2D eigenvalue weighted by molar-refractivity contribution is -0.147. The van der Waals surface area contributed by atoms with E-state index < -0.39 is 14.2 Å². The standard InChI is InChI=1S/C23H35FO3Si/c1-15-12-16(10-11-19(15)24)18-13-17(27-28(8,9)22(2,3)4)14-23(5,6)20(18)21(25)26-7/h10-13,17,20H,14H2,1-9H3. The van der Waals surface area contributed by atoms with Crippen LogP contribution in [0.4, 0.5) is 4.39 Å². The molecule has 1 aliphatic rings. The van der Waals surface area contributed by atoms with Crippen LogP contribution in [-0.4, -0.2) is 27.5 Å². The first kappa shape index (κ1) is 22.8. The molecule has 0 radical (unpaired) electrons. The predicted octanol–water partition coefficient (Wildman–Crippen LogP) is 6.13. The highest BCUT2D eigenvalue weighted by atomic mass is 28.4. The van der Waals surface area contributed by atoms with E-state index >= 15 is 0 Å². The summed E-state index contributed by atoms with van der Waals surface area (Å²) in [5, 5.41) is 0.0941. The van der Waals surface area contributed by atoms with Crippen LogP contribution in [0.15, 0.2) is 24.3 Å². The van der Waals surface area contributed by atoms with Crippen LogP contribution in [0.25, 0.3) is 5.57 Å². The first-order valence-corrected chi connectivity index (χ1v) is 12.8. The molecule has 0 aromatic heterocycles. The number of aryl methyl sites for hydroxylation is 1. The van der Waals surface area contributed by atoms with E-state index in [0.717, 1.165) is 17.6 Å². The second kappa shape index (κ2) is 7.75. The van der Waals surface area contributed by atoms with Gasteiger partial charge in [0.05, 0.1) is 19.1 Å². The number of ether oxygens (including phenoxy) is 1. The molecule has 0 fully saturated rings. The van der Waals surface area contributed by atoms with Crippen molar-refractivity contribution in [3.63, 3.8) is 0 Å². The molecular formula is C23H35FO3Si. The fraction of sp³-hybridized carbons (Fsp3) is 0.609. The summed E-state index contributed by atoms with van der Waals surface area (Å²) in [5.41, 5.74) is 1.94. The van der Waals surface area contributed by atoms with Gasteiger partial charge in [0.25, 0.3) is 0 Å². The van der Waals surface area contributed by atoms with E-state index in [1.165, 1.54) is 13.2 Å². The highest BCUT2D eigenvalue weighted by Crippen LogP contribution is 2.48. The second-order valence-corrected chi connectivity index (χ2v) is 14.9. The molecule has 0 bridgehead atoms. The first-order valence-electron chi connectivity index (χ1n) is 9.93. The molecule has 5 heteroatoms. The highest BCUT2D eigenvalue weighted by Gasteiger charge is 2.46. The zero-order chi connectivity index (χ0) is 21.5. The minimum absolute atomic E-state index is 0.0860. The summed E-state index contributed by atoms with van der Waals surface area (Å²) in [4.78, 5) is 12.7. The number of esters is 1. The van der Waals surface area contributed by atoms with E-state index in [1.54, 1.807) is 13.0 Å². The van der Waals surface area contributed by atoms with E-state index in [1.807, 2.05) is 6.07 Å². The molecule has 1 aromatic rings. The van der Waals surface area contributed by atoms with Crippen molar-refractivity contribution in [2.24, 2.45) is 11.3 Å². The van der Waals surface area contributed by atoms with Crippen molar-refractivity contribution >= 4 is 19.9 Å². The van der Waals surface area contributed by atoms with Crippen LogP contribution in [0.5, 0.6) is 0 Å². The Hall–Kier alpha value is -1.46. The van der Waals surface area contributed by atoms with Crippen LogP contribution in [0.1, 0.15) is 52.2 Å². The van der Waals surface area contributed by atoms with E-state index in [-0.39, 0.29) is 28.3 Å². The summed E-state index contributed by atoms with van der Waals surface area (Å²) in [7, 11) is -0.563. The van der Waals surface area contributed by atoms with Gasteiger partial charge in [-0.25, -0.2) is 4.39 Å².